The average molecular weight is 395 g/mol. The van der Waals surface area contributed by atoms with Crippen LogP contribution >= 0.6 is 43.5 Å². The quantitative estimate of drug-likeness (QED) is 0.490. The summed E-state index contributed by atoms with van der Waals surface area (Å²) in [5, 5.41) is 0.124. The molecule has 0 amide bonds. The Morgan fingerprint density at radius 1 is 1.17 bits per heavy atom. The molecule has 18 heavy (non-hydrogen) atoms. The summed E-state index contributed by atoms with van der Waals surface area (Å²) in [4.78, 5) is 0. The van der Waals surface area contributed by atoms with Crippen molar-refractivity contribution in [2.45, 2.75) is 50.3 Å². The zero-order valence-corrected chi connectivity index (χ0v) is 14.4. The summed E-state index contributed by atoms with van der Waals surface area (Å²) in [6.07, 6.45) is 9.43. The van der Waals surface area contributed by atoms with Gasteiger partial charge in [0.25, 0.3) is 0 Å². The SMILES string of the molecule is ClC(CCC1CCCCC1)c1cc(Br)ccc1Br. The molecule has 0 N–H and O–H groups in total. The van der Waals surface area contributed by atoms with Crippen LogP contribution in [0.15, 0.2) is 27.1 Å². The summed E-state index contributed by atoms with van der Waals surface area (Å²) in [6, 6.07) is 6.23. The van der Waals surface area contributed by atoms with Crippen LogP contribution in [0.1, 0.15) is 55.9 Å². The van der Waals surface area contributed by atoms with Crippen molar-refractivity contribution < 1.29 is 0 Å². The highest BCUT2D eigenvalue weighted by atomic mass is 79.9. The molecule has 100 valence electrons. The van der Waals surface area contributed by atoms with E-state index in [-0.39, 0.29) is 5.38 Å². The van der Waals surface area contributed by atoms with Gasteiger partial charge in [-0.05, 0) is 42.5 Å². The first-order chi connectivity index (χ1) is 8.66. The van der Waals surface area contributed by atoms with Crippen LogP contribution in [-0.2, 0) is 0 Å². The number of halogens is 3. The Balaban J connectivity index is 1.90. The van der Waals surface area contributed by atoms with Gasteiger partial charge in [-0.2, -0.15) is 0 Å². The molecule has 0 spiro atoms. The Kier molecular flexibility index (Phi) is 6.03. The molecule has 1 unspecified atom stereocenters. The van der Waals surface area contributed by atoms with Crippen LogP contribution in [0.3, 0.4) is 0 Å². The molecule has 1 atom stereocenters. The smallest absolute Gasteiger partial charge is 0.0596 e. The summed E-state index contributed by atoms with van der Waals surface area (Å²) in [6.45, 7) is 0. The summed E-state index contributed by atoms with van der Waals surface area (Å²) in [5.74, 6) is 0.908. The van der Waals surface area contributed by atoms with Crippen molar-refractivity contribution in [3.8, 4) is 0 Å². The molecule has 3 heteroatoms. The lowest BCUT2D eigenvalue weighted by atomic mass is 9.85. The van der Waals surface area contributed by atoms with Crippen LogP contribution in [0.4, 0.5) is 0 Å². The van der Waals surface area contributed by atoms with Crippen LogP contribution in [0.2, 0.25) is 0 Å². The van der Waals surface area contributed by atoms with Gasteiger partial charge in [-0.25, -0.2) is 0 Å². The van der Waals surface area contributed by atoms with E-state index in [9.17, 15) is 0 Å². The van der Waals surface area contributed by atoms with Crippen LogP contribution in [-0.4, -0.2) is 0 Å². The maximum atomic E-state index is 6.55. The van der Waals surface area contributed by atoms with Crippen molar-refractivity contribution in [1.82, 2.24) is 0 Å². The van der Waals surface area contributed by atoms with E-state index in [0.29, 0.717) is 0 Å². The predicted octanol–water partition coefficient (Wildman–Crippen LogP) is 6.85. The van der Waals surface area contributed by atoms with Gasteiger partial charge in [0.15, 0.2) is 0 Å². The Morgan fingerprint density at radius 2 is 1.89 bits per heavy atom. The molecule has 1 aliphatic carbocycles. The van der Waals surface area contributed by atoms with E-state index in [1.165, 1.54) is 44.1 Å². The predicted molar refractivity (Wildman–Crippen MR) is 86.2 cm³/mol. The number of hydrogen-bond donors (Lipinski definition) is 0. The van der Waals surface area contributed by atoms with Crippen molar-refractivity contribution in [3.63, 3.8) is 0 Å². The lowest BCUT2D eigenvalue weighted by molar-refractivity contribution is 0.331. The Hall–Kier alpha value is 0.470. The van der Waals surface area contributed by atoms with Gasteiger partial charge in [-0.15, -0.1) is 11.6 Å². The first-order valence-corrected chi connectivity index (χ1v) is 8.78. The molecule has 2 rings (SSSR count). The van der Waals surface area contributed by atoms with Crippen molar-refractivity contribution >= 4 is 43.5 Å². The molecule has 0 aromatic heterocycles. The topological polar surface area (TPSA) is 0 Å². The minimum Gasteiger partial charge on any atom is -0.118 e. The molecule has 1 aromatic rings. The highest BCUT2D eigenvalue weighted by Gasteiger charge is 2.17. The molecular formula is C15H19Br2Cl. The van der Waals surface area contributed by atoms with Crippen molar-refractivity contribution in [2.24, 2.45) is 5.92 Å². The number of rotatable bonds is 4. The molecule has 1 aliphatic rings. The fourth-order valence-corrected chi connectivity index (χ4v) is 4.11. The monoisotopic (exact) mass is 392 g/mol. The minimum atomic E-state index is 0.124. The second-order valence-electron chi connectivity index (χ2n) is 5.21. The van der Waals surface area contributed by atoms with Gasteiger partial charge < -0.3 is 0 Å². The zero-order valence-electron chi connectivity index (χ0n) is 10.5. The Bertz CT molecular complexity index is 386. The normalized spacial score (nSPS) is 18.8. The minimum absolute atomic E-state index is 0.124. The van der Waals surface area contributed by atoms with Gasteiger partial charge in [0, 0.05) is 8.95 Å². The summed E-state index contributed by atoms with van der Waals surface area (Å²) >= 11 is 13.7. The summed E-state index contributed by atoms with van der Waals surface area (Å²) in [7, 11) is 0. The van der Waals surface area contributed by atoms with Gasteiger partial charge in [0.05, 0.1) is 5.38 Å². The molecule has 0 radical (unpaired) electrons. The molecule has 0 heterocycles. The van der Waals surface area contributed by atoms with Crippen LogP contribution in [0.5, 0.6) is 0 Å². The number of alkyl halides is 1. The molecule has 1 saturated carbocycles. The highest BCUT2D eigenvalue weighted by molar-refractivity contribution is 9.11. The standard InChI is InChI=1S/C15H19Br2Cl/c16-12-7-8-14(17)13(10-12)15(18)9-6-11-4-2-1-3-5-11/h7-8,10-11,15H,1-6,9H2. The number of benzene rings is 1. The van der Waals surface area contributed by atoms with E-state index >= 15 is 0 Å². The average Bonchev–Trinajstić information content (AvgIpc) is 2.40. The molecule has 0 aliphatic heterocycles. The first-order valence-electron chi connectivity index (χ1n) is 6.76. The lowest BCUT2D eigenvalue weighted by Crippen LogP contribution is -2.07. The fourth-order valence-electron chi connectivity index (χ4n) is 2.77. The maximum Gasteiger partial charge on any atom is 0.0596 e. The van der Waals surface area contributed by atoms with Gasteiger partial charge in [-0.1, -0.05) is 64.0 Å². The molecule has 0 bridgehead atoms. The van der Waals surface area contributed by atoms with Gasteiger partial charge >= 0.3 is 0 Å². The molecule has 1 fully saturated rings. The second kappa shape index (κ2) is 7.31. The van der Waals surface area contributed by atoms with Crippen LogP contribution < -0.4 is 0 Å². The van der Waals surface area contributed by atoms with Crippen molar-refractivity contribution in [3.05, 3.63) is 32.7 Å². The fraction of sp³-hybridized carbons (Fsp3) is 0.600. The van der Waals surface area contributed by atoms with Gasteiger partial charge in [0.2, 0.25) is 0 Å². The van der Waals surface area contributed by atoms with E-state index in [4.69, 9.17) is 11.6 Å². The first kappa shape index (κ1) is 14.9. The molecular weight excluding hydrogens is 375 g/mol. The summed E-state index contributed by atoms with van der Waals surface area (Å²) in [5.41, 5.74) is 1.21. The van der Waals surface area contributed by atoms with Crippen molar-refractivity contribution in [2.75, 3.05) is 0 Å². The Morgan fingerprint density at radius 3 is 2.61 bits per heavy atom. The van der Waals surface area contributed by atoms with E-state index in [1.807, 2.05) is 6.07 Å². The highest BCUT2D eigenvalue weighted by Crippen LogP contribution is 2.36. The van der Waals surface area contributed by atoms with Crippen LogP contribution in [0.25, 0.3) is 0 Å². The Labute approximate surface area is 132 Å². The third-order valence-corrected chi connectivity index (χ3v) is 5.52. The molecule has 1 aromatic carbocycles. The third kappa shape index (κ3) is 4.25. The van der Waals surface area contributed by atoms with E-state index < -0.39 is 0 Å². The van der Waals surface area contributed by atoms with Crippen LogP contribution in [0, 0.1) is 5.92 Å². The lowest BCUT2D eigenvalue weighted by Gasteiger charge is -2.22. The van der Waals surface area contributed by atoms with Crippen molar-refractivity contribution in [1.29, 1.82) is 0 Å². The van der Waals surface area contributed by atoms with Gasteiger partial charge in [0.1, 0.15) is 0 Å². The van der Waals surface area contributed by atoms with E-state index in [0.717, 1.165) is 21.3 Å². The third-order valence-electron chi connectivity index (χ3n) is 3.85. The molecule has 0 nitrogen and oxygen atoms in total. The van der Waals surface area contributed by atoms with E-state index in [1.54, 1.807) is 0 Å². The second-order valence-corrected chi connectivity index (χ2v) is 7.51. The summed E-state index contributed by atoms with van der Waals surface area (Å²) < 4.78 is 2.22. The largest absolute Gasteiger partial charge is 0.118 e. The van der Waals surface area contributed by atoms with E-state index in [2.05, 4.69) is 44.0 Å². The van der Waals surface area contributed by atoms with Gasteiger partial charge in [-0.3, -0.25) is 0 Å². The maximum absolute atomic E-state index is 6.55. The molecule has 0 saturated heterocycles. The number of hydrogen-bond acceptors (Lipinski definition) is 0. The zero-order chi connectivity index (χ0) is 13.0.